The topological polar surface area (TPSA) is 54.0 Å². The minimum Gasteiger partial charge on any atom is -0.463 e. The molecule has 0 radical (unpaired) electrons. The molecule has 0 aliphatic carbocycles. The molecule has 0 bridgehead atoms. The zero-order valence-electron chi connectivity index (χ0n) is 15.2. The Morgan fingerprint density at radius 2 is 1.23 bits per heavy atom. The summed E-state index contributed by atoms with van der Waals surface area (Å²) >= 11 is 0. The Morgan fingerprint density at radius 1 is 0.727 bits per heavy atom. The van der Waals surface area contributed by atoms with Crippen LogP contribution in [-0.4, -0.2) is 52.2 Å². The molecule has 0 aliphatic heterocycles. The van der Waals surface area contributed by atoms with Gasteiger partial charge in [-0.1, -0.05) is 41.5 Å². The summed E-state index contributed by atoms with van der Waals surface area (Å²) < 4.78 is 21.1. The zero-order chi connectivity index (χ0) is 17.1. The molecule has 0 aromatic carbocycles. The van der Waals surface area contributed by atoms with Gasteiger partial charge in [0.15, 0.2) is 0 Å². The number of esters is 1. The Kier molecular flexibility index (Phi) is 10.6. The highest BCUT2D eigenvalue weighted by Crippen LogP contribution is 2.17. The normalized spacial score (nSPS) is 12.5. The van der Waals surface area contributed by atoms with Gasteiger partial charge in [0.05, 0.1) is 33.0 Å². The summed E-state index contributed by atoms with van der Waals surface area (Å²) in [6.07, 6.45) is 1.03. The van der Waals surface area contributed by atoms with E-state index in [2.05, 4.69) is 20.8 Å². The number of carbonyl (C=O) groups is 1. The molecule has 0 aromatic heterocycles. The lowest BCUT2D eigenvalue weighted by Gasteiger charge is -2.17. The molecule has 5 nitrogen and oxygen atoms in total. The quantitative estimate of drug-likeness (QED) is 0.433. The van der Waals surface area contributed by atoms with Gasteiger partial charge in [-0.25, -0.2) is 4.79 Å². The maximum absolute atomic E-state index is 11.4. The van der Waals surface area contributed by atoms with Gasteiger partial charge in [0.1, 0.15) is 6.61 Å². The van der Waals surface area contributed by atoms with Crippen LogP contribution in [0.1, 0.15) is 48.0 Å². The first kappa shape index (κ1) is 21.4. The van der Waals surface area contributed by atoms with Crippen molar-refractivity contribution in [3.05, 3.63) is 0 Å². The van der Waals surface area contributed by atoms with Crippen LogP contribution in [0.15, 0.2) is 0 Å². The summed E-state index contributed by atoms with van der Waals surface area (Å²) in [5.74, 6) is -0.333. The van der Waals surface area contributed by atoms with Gasteiger partial charge in [0.25, 0.3) is 0 Å². The van der Waals surface area contributed by atoms with E-state index >= 15 is 0 Å². The minimum atomic E-state index is -0.333. The van der Waals surface area contributed by atoms with E-state index in [1.54, 1.807) is 0 Å². The fraction of sp³-hybridized carbons (Fsp3) is 0.941. The maximum Gasteiger partial charge on any atom is 0.332 e. The molecular weight excluding hydrogens is 284 g/mol. The number of hydrogen-bond acceptors (Lipinski definition) is 5. The lowest BCUT2D eigenvalue weighted by Crippen LogP contribution is -2.22. The Hall–Kier alpha value is -0.650. The number of carbonyl (C=O) groups excluding carboxylic acids is 1. The zero-order valence-corrected chi connectivity index (χ0v) is 15.2. The first-order valence-corrected chi connectivity index (χ1v) is 7.99. The molecule has 22 heavy (non-hydrogen) atoms. The monoisotopic (exact) mass is 318 g/mol. The van der Waals surface area contributed by atoms with Gasteiger partial charge in [-0.05, 0) is 17.3 Å². The average molecular weight is 318 g/mol. The second-order valence-electron chi connectivity index (χ2n) is 7.81. The third-order valence-corrected chi connectivity index (χ3v) is 2.63. The molecule has 0 atom stereocenters. The van der Waals surface area contributed by atoms with Crippen LogP contribution in [-0.2, 0) is 23.7 Å². The molecule has 132 valence electrons. The Balaban J connectivity index is 3.28. The summed E-state index contributed by atoms with van der Waals surface area (Å²) in [5, 5.41) is 0. The highest BCUT2D eigenvalue weighted by Gasteiger charge is 2.13. The summed E-state index contributed by atoms with van der Waals surface area (Å²) in [5.41, 5.74) is 0.280. The van der Waals surface area contributed by atoms with Gasteiger partial charge in [-0.2, -0.15) is 0 Å². The van der Waals surface area contributed by atoms with Crippen LogP contribution in [0.4, 0.5) is 0 Å². The molecule has 0 rings (SSSR count). The van der Waals surface area contributed by atoms with Crippen molar-refractivity contribution in [3.8, 4) is 0 Å². The van der Waals surface area contributed by atoms with Crippen molar-refractivity contribution in [1.29, 1.82) is 0 Å². The molecule has 0 amide bonds. The molecule has 5 heteroatoms. The third kappa shape index (κ3) is 17.4. The molecule has 0 aromatic rings. The van der Waals surface area contributed by atoms with Gasteiger partial charge in [-0.3, -0.25) is 0 Å². The van der Waals surface area contributed by atoms with Crippen LogP contribution >= 0.6 is 0 Å². The lowest BCUT2D eigenvalue weighted by molar-refractivity contribution is -0.152. The number of hydrogen-bond donors (Lipinski definition) is 0. The average Bonchev–Trinajstić information content (AvgIpc) is 2.36. The number of ether oxygens (including phenoxy) is 4. The number of rotatable bonds is 11. The standard InChI is InChI=1S/C17H34O5/c1-16(2,3)7-8-19-9-10-20-11-12-21-13-15(18)22-14-17(4,5)6/h7-14H2,1-6H3. The molecule has 0 aliphatic rings. The van der Waals surface area contributed by atoms with E-state index < -0.39 is 0 Å². The summed E-state index contributed by atoms with van der Waals surface area (Å²) in [7, 11) is 0. The fourth-order valence-electron chi connectivity index (χ4n) is 1.31. The van der Waals surface area contributed by atoms with E-state index in [0.717, 1.165) is 13.0 Å². The molecule has 0 spiro atoms. The van der Waals surface area contributed by atoms with Crippen LogP contribution in [0.3, 0.4) is 0 Å². The van der Waals surface area contributed by atoms with E-state index in [9.17, 15) is 4.79 Å². The van der Waals surface area contributed by atoms with Crippen LogP contribution in [0, 0.1) is 10.8 Å². The van der Waals surface area contributed by atoms with Crippen molar-refractivity contribution >= 4 is 5.97 Å². The lowest BCUT2D eigenvalue weighted by atomic mass is 9.93. The Bertz CT molecular complexity index is 288. The van der Waals surface area contributed by atoms with E-state index in [1.807, 2.05) is 20.8 Å². The predicted molar refractivity (Wildman–Crippen MR) is 86.9 cm³/mol. The summed E-state index contributed by atoms with van der Waals surface area (Å²) in [6.45, 7) is 15.7. The Labute approximate surface area is 135 Å². The van der Waals surface area contributed by atoms with E-state index in [4.69, 9.17) is 18.9 Å². The van der Waals surface area contributed by atoms with E-state index in [1.165, 1.54) is 0 Å². The van der Waals surface area contributed by atoms with Crippen LogP contribution < -0.4 is 0 Å². The molecule has 0 saturated carbocycles. The van der Waals surface area contributed by atoms with Crippen molar-refractivity contribution < 1.29 is 23.7 Å². The summed E-state index contributed by atoms with van der Waals surface area (Å²) in [4.78, 5) is 11.4. The SMILES string of the molecule is CC(C)(C)CCOCCOCCOCC(=O)OCC(C)(C)C. The van der Waals surface area contributed by atoms with Gasteiger partial charge < -0.3 is 18.9 Å². The molecule has 0 unspecified atom stereocenters. The minimum absolute atomic E-state index is 0.0221. The highest BCUT2D eigenvalue weighted by molar-refractivity contribution is 5.70. The van der Waals surface area contributed by atoms with Gasteiger partial charge in [0.2, 0.25) is 0 Å². The first-order valence-electron chi connectivity index (χ1n) is 7.99. The van der Waals surface area contributed by atoms with E-state index in [0.29, 0.717) is 38.4 Å². The smallest absolute Gasteiger partial charge is 0.332 e. The highest BCUT2D eigenvalue weighted by atomic mass is 16.6. The maximum atomic E-state index is 11.4. The van der Waals surface area contributed by atoms with E-state index in [-0.39, 0.29) is 18.0 Å². The largest absolute Gasteiger partial charge is 0.463 e. The molecule has 0 fully saturated rings. The van der Waals surface area contributed by atoms with Crippen molar-refractivity contribution in [3.63, 3.8) is 0 Å². The molecular formula is C17H34O5. The van der Waals surface area contributed by atoms with Crippen molar-refractivity contribution in [2.75, 3.05) is 46.2 Å². The second kappa shape index (κ2) is 11.0. The van der Waals surface area contributed by atoms with Gasteiger partial charge in [-0.15, -0.1) is 0 Å². The van der Waals surface area contributed by atoms with Crippen LogP contribution in [0.5, 0.6) is 0 Å². The molecule has 0 N–H and O–H groups in total. The van der Waals surface area contributed by atoms with Crippen LogP contribution in [0.25, 0.3) is 0 Å². The summed E-state index contributed by atoms with van der Waals surface area (Å²) in [6, 6.07) is 0. The molecule has 0 saturated heterocycles. The molecule has 0 heterocycles. The Morgan fingerprint density at radius 3 is 1.73 bits per heavy atom. The third-order valence-electron chi connectivity index (χ3n) is 2.63. The second-order valence-corrected chi connectivity index (χ2v) is 7.81. The van der Waals surface area contributed by atoms with Crippen molar-refractivity contribution in [2.24, 2.45) is 10.8 Å². The predicted octanol–water partition coefficient (Wildman–Crippen LogP) is 3.06. The fourth-order valence-corrected chi connectivity index (χ4v) is 1.31. The van der Waals surface area contributed by atoms with Crippen molar-refractivity contribution in [2.45, 2.75) is 48.0 Å². The van der Waals surface area contributed by atoms with Crippen LogP contribution in [0.2, 0.25) is 0 Å². The van der Waals surface area contributed by atoms with Gasteiger partial charge in [0, 0.05) is 6.61 Å². The van der Waals surface area contributed by atoms with Crippen molar-refractivity contribution in [1.82, 2.24) is 0 Å². The first-order chi connectivity index (χ1) is 10.1. The van der Waals surface area contributed by atoms with Gasteiger partial charge >= 0.3 is 5.97 Å².